The number of aromatic nitrogens is 2. The molecule has 1 heterocycles. The monoisotopic (exact) mass is 222 g/mol. The molecule has 1 aromatic heterocycles. The quantitative estimate of drug-likeness (QED) is 0.831. The predicted molar refractivity (Wildman–Crippen MR) is 59.1 cm³/mol. The van der Waals surface area contributed by atoms with Gasteiger partial charge in [0.2, 0.25) is 0 Å². The normalized spacial score (nSPS) is 10.9. The molecule has 1 N–H and O–H groups in total. The second kappa shape index (κ2) is 3.92. The molecule has 0 fully saturated rings. The lowest BCUT2D eigenvalue weighted by Gasteiger charge is -2.04. The average molecular weight is 222 g/mol. The molecule has 1 aromatic carbocycles. The van der Waals surface area contributed by atoms with E-state index < -0.39 is 17.1 Å². The number of nitrogens with zero attached hydrogens (tertiary/aromatic N) is 1. The van der Waals surface area contributed by atoms with Crippen LogP contribution in [0.5, 0.6) is 0 Å². The van der Waals surface area contributed by atoms with Gasteiger partial charge in [-0.1, -0.05) is 13.0 Å². The maximum atomic E-state index is 13.3. The first-order valence-electron chi connectivity index (χ1n) is 5.06. The fourth-order valence-corrected chi connectivity index (χ4v) is 1.67. The Bertz CT molecular complexity index is 642. The molecular weight excluding hydrogens is 211 g/mol. The summed E-state index contributed by atoms with van der Waals surface area (Å²) in [6.45, 7) is 2.20. The summed E-state index contributed by atoms with van der Waals surface area (Å²) in [5.74, 6) is -0.588. The summed E-state index contributed by atoms with van der Waals surface area (Å²) in [4.78, 5) is 25.8. The Hall–Kier alpha value is -1.91. The molecule has 0 atom stereocenters. The van der Waals surface area contributed by atoms with Gasteiger partial charge in [0.25, 0.3) is 5.56 Å². The number of hydrogen-bond acceptors (Lipinski definition) is 2. The zero-order valence-electron chi connectivity index (χ0n) is 8.79. The van der Waals surface area contributed by atoms with E-state index in [0.717, 1.165) is 4.57 Å². The van der Waals surface area contributed by atoms with E-state index in [1.165, 1.54) is 18.2 Å². The van der Waals surface area contributed by atoms with E-state index >= 15 is 0 Å². The minimum Gasteiger partial charge on any atom is -0.304 e. The third-order valence-electron chi connectivity index (χ3n) is 2.41. The van der Waals surface area contributed by atoms with E-state index in [1.54, 1.807) is 0 Å². The third-order valence-corrected chi connectivity index (χ3v) is 2.41. The Kier molecular flexibility index (Phi) is 2.60. The molecule has 0 aliphatic rings. The highest BCUT2D eigenvalue weighted by Gasteiger charge is 2.09. The van der Waals surface area contributed by atoms with Crippen molar-refractivity contribution in [1.82, 2.24) is 9.55 Å². The van der Waals surface area contributed by atoms with Gasteiger partial charge in [-0.15, -0.1) is 0 Å². The Morgan fingerprint density at radius 1 is 1.38 bits per heavy atom. The zero-order valence-corrected chi connectivity index (χ0v) is 8.79. The molecule has 0 saturated carbocycles. The third kappa shape index (κ3) is 1.54. The first kappa shape index (κ1) is 10.6. The molecule has 2 rings (SSSR count). The van der Waals surface area contributed by atoms with E-state index in [-0.39, 0.29) is 10.9 Å². The van der Waals surface area contributed by atoms with Crippen molar-refractivity contribution in [3.05, 3.63) is 44.9 Å². The number of fused-ring (bicyclic) bond motifs is 1. The number of rotatable bonds is 2. The highest BCUT2D eigenvalue weighted by molar-refractivity contribution is 5.77. The SMILES string of the molecule is CCCn1c(=O)[nH]c2c(F)cccc2c1=O. The van der Waals surface area contributed by atoms with Crippen molar-refractivity contribution in [2.75, 3.05) is 0 Å². The molecule has 0 radical (unpaired) electrons. The molecule has 16 heavy (non-hydrogen) atoms. The molecule has 0 aliphatic heterocycles. The molecule has 0 unspecified atom stereocenters. The van der Waals surface area contributed by atoms with E-state index in [4.69, 9.17) is 0 Å². The number of halogens is 1. The Morgan fingerprint density at radius 2 is 2.12 bits per heavy atom. The van der Waals surface area contributed by atoms with Crippen molar-refractivity contribution in [1.29, 1.82) is 0 Å². The minimum absolute atomic E-state index is 0.0233. The van der Waals surface area contributed by atoms with Crippen LogP contribution in [0.15, 0.2) is 27.8 Å². The van der Waals surface area contributed by atoms with Crippen molar-refractivity contribution in [2.24, 2.45) is 0 Å². The number of benzene rings is 1. The summed E-state index contributed by atoms with van der Waals surface area (Å²) in [5.41, 5.74) is -1.03. The van der Waals surface area contributed by atoms with Gasteiger partial charge in [0.1, 0.15) is 5.82 Å². The van der Waals surface area contributed by atoms with Crippen molar-refractivity contribution < 1.29 is 4.39 Å². The van der Waals surface area contributed by atoms with Gasteiger partial charge in [-0.25, -0.2) is 9.18 Å². The number of H-pyrrole nitrogens is 1. The zero-order chi connectivity index (χ0) is 11.7. The molecule has 5 heteroatoms. The Balaban J connectivity index is 2.90. The van der Waals surface area contributed by atoms with Crippen LogP contribution in [0.3, 0.4) is 0 Å². The van der Waals surface area contributed by atoms with E-state index in [1.807, 2.05) is 6.92 Å². The lowest BCUT2D eigenvalue weighted by atomic mass is 10.2. The van der Waals surface area contributed by atoms with Crippen LogP contribution >= 0.6 is 0 Å². The number of aromatic amines is 1. The van der Waals surface area contributed by atoms with Gasteiger partial charge in [0.15, 0.2) is 0 Å². The first-order chi connectivity index (χ1) is 7.65. The summed E-state index contributed by atoms with van der Waals surface area (Å²) in [6.07, 6.45) is 0.670. The van der Waals surface area contributed by atoms with Gasteiger partial charge in [0, 0.05) is 6.54 Å². The van der Waals surface area contributed by atoms with Crippen molar-refractivity contribution >= 4 is 10.9 Å². The molecule has 2 aromatic rings. The van der Waals surface area contributed by atoms with Crippen molar-refractivity contribution in [3.63, 3.8) is 0 Å². The highest BCUT2D eigenvalue weighted by Crippen LogP contribution is 2.09. The van der Waals surface area contributed by atoms with Crippen LogP contribution in [0.25, 0.3) is 10.9 Å². The van der Waals surface area contributed by atoms with Crippen molar-refractivity contribution in [2.45, 2.75) is 19.9 Å². The maximum Gasteiger partial charge on any atom is 0.328 e. The smallest absolute Gasteiger partial charge is 0.304 e. The van der Waals surface area contributed by atoms with Crippen LogP contribution in [-0.4, -0.2) is 9.55 Å². The summed E-state index contributed by atoms with van der Waals surface area (Å²) >= 11 is 0. The standard InChI is InChI=1S/C11H11FN2O2/c1-2-6-14-10(15)7-4-3-5-8(12)9(7)13-11(14)16/h3-5H,2,6H2,1H3,(H,13,16). The topological polar surface area (TPSA) is 54.9 Å². The molecular formula is C11H11FN2O2. The van der Waals surface area contributed by atoms with Crippen LogP contribution < -0.4 is 11.2 Å². The second-order valence-corrected chi connectivity index (χ2v) is 3.55. The number of hydrogen-bond donors (Lipinski definition) is 1. The molecule has 4 nitrogen and oxygen atoms in total. The fourth-order valence-electron chi connectivity index (χ4n) is 1.67. The Labute approximate surface area is 90.3 Å². The molecule has 0 amide bonds. The summed E-state index contributed by atoms with van der Waals surface area (Å²) in [5, 5.41) is 0.202. The van der Waals surface area contributed by atoms with E-state index in [2.05, 4.69) is 4.98 Å². The lowest BCUT2D eigenvalue weighted by molar-refractivity contribution is 0.611. The van der Waals surface area contributed by atoms with E-state index in [9.17, 15) is 14.0 Å². The average Bonchev–Trinajstić information content (AvgIpc) is 2.26. The molecule has 0 bridgehead atoms. The van der Waals surface area contributed by atoms with Gasteiger partial charge in [-0.3, -0.25) is 9.36 Å². The number of para-hydroxylation sites is 1. The fraction of sp³-hybridized carbons (Fsp3) is 0.273. The largest absolute Gasteiger partial charge is 0.328 e. The van der Waals surface area contributed by atoms with Gasteiger partial charge >= 0.3 is 5.69 Å². The predicted octanol–water partition coefficient (Wildman–Crippen LogP) is 1.24. The molecule has 0 aliphatic carbocycles. The summed E-state index contributed by atoms with van der Waals surface area (Å²) in [7, 11) is 0. The highest BCUT2D eigenvalue weighted by atomic mass is 19.1. The van der Waals surface area contributed by atoms with Gasteiger partial charge in [-0.05, 0) is 18.6 Å². The molecule has 0 saturated heterocycles. The Morgan fingerprint density at radius 3 is 2.81 bits per heavy atom. The van der Waals surface area contributed by atoms with Crippen LogP contribution in [0, 0.1) is 5.82 Å². The molecule has 84 valence electrons. The van der Waals surface area contributed by atoms with Gasteiger partial charge in [-0.2, -0.15) is 0 Å². The minimum atomic E-state index is -0.588. The van der Waals surface area contributed by atoms with Crippen LogP contribution in [0.2, 0.25) is 0 Å². The lowest BCUT2D eigenvalue weighted by Crippen LogP contribution is -2.35. The van der Waals surface area contributed by atoms with Crippen LogP contribution in [0.1, 0.15) is 13.3 Å². The summed E-state index contributed by atoms with van der Waals surface area (Å²) < 4.78 is 14.4. The molecule has 0 spiro atoms. The summed E-state index contributed by atoms with van der Waals surface area (Å²) in [6, 6.07) is 4.17. The maximum absolute atomic E-state index is 13.3. The number of nitrogens with one attached hydrogen (secondary N) is 1. The van der Waals surface area contributed by atoms with E-state index in [0.29, 0.717) is 13.0 Å². The first-order valence-corrected chi connectivity index (χ1v) is 5.06. The van der Waals surface area contributed by atoms with Crippen molar-refractivity contribution in [3.8, 4) is 0 Å². The van der Waals surface area contributed by atoms with Crippen LogP contribution in [-0.2, 0) is 6.54 Å². The van der Waals surface area contributed by atoms with Gasteiger partial charge < -0.3 is 4.98 Å². The second-order valence-electron chi connectivity index (χ2n) is 3.55. The van der Waals surface area contributed by atoms with Crippen LogP contribution in [0.4, 0.5) is 4.39 Å². The van der Waals surface area contributed by atoms with Gasteiger partial charge in [0.05, 0.1) is 10.9 Å².